The fourth-order valence-electron chi connectivity index (χ4n) is 2.17. The van der Waals surface area contributed by atoms with Crippen LogP contribution in [0.4, 0.5) is 5.69 Å². The summed E-state index contributed by atoms with van der Waals surface area (Å²) in [5, 5.41) is 7.82. The van der Waals surface area contributed by atoms with Crippen molar-refractivity contribution >= 4 is 5.69 Å². The molecule has 0 aliphatic rings. The Morgan fingerprint density at radius 2 is 1.95 bits per heavy atom. The van der Waals surface area contributed by atoms with Gasteiger partial charge in [-0.25, -0.2) is 0 Å². The second-order valence-corrected chi connectivity index (χ2v) is 4.55. The quantitative estimate of drug-likeness (QED) is 0.880. The number of methoxy groups -OCH3 is 2. The Balaban J connectivity index is 2.10. The van der Waals surface area contributed by atoms with Gasteiger partial charge in [0.15, 0.2) is 11.5 Å². The second-order valence-electron chi connectivity index (χ2n) is 4.55. The molecule has 1 aromatic carbocycles. The van der Waals surface area contributed by atoms with Crippen molar-refractivity contribution in [3.05, 3.63) is 35.7 Å². The van der Waals surface area contributed by atoms with E-state index in [1.54, 1.807) is 14.2 Å². The molecule has 0 fully saturated rings. The first-order chi connectivity index (χ1) is 9.67. The number of nitrogens with one attached hydrogen (secondary N) is 1. The lowest BCUT2D eigenvalue weighted by Gasteiger charge is -2.11. The Morgan fingerprint density at radius 3 is 2.60 bits per heavy atom. The number of rotatable bonds is 6. The van der Waals surface area contributed by atoms with E-state index in [-0.39, 0.29) is 0 Å². The number of benzene rings is 1. The van der Waals surface area contributed by atoms with Gasteiger partial charge < -0.3 is 14.8 Å². The molecule has 5 heteroatoms. The predicted molar refractivity (Wildman–Crippen MR) is 79.5 cm³/mol. The number of anilines is 1. The molecular weight excluding hydrogens is 254 g/mol. The van der Waals surface area contributed by atoms with Gasteiger partial charge in [-0.15, -0.1) is 0 Å². The smallest absolute Gasteiger partial charge is 0.162 e. The van der Waals surface area contributed by atoms with E-state index in [0.717, 1.165) is 35.8 Å². The highest BCUT2D eigenvalue weighted by Crippen LogP contribution is 2.29. The van der Waals surface area contributed by atoms with E-state index in [1.807, 2.05) is 36.1 Å². The van der Waals surface area contributed by atoms with E-state index in [0.29, 0.717) is 0 Å². The van der Waals surface area contributed by atoms with Gasteiger partial charge in [-0.2, -0.15) is 5.10 Å². The number of hydrogen-bond donors (Lipinski definition) is 1. The van der Waals surface area contributed by atoms with Gasteiger partial charge in [0, 0.05) is 37.1 Å². The standard InChI is InChI=1S/C15H21N3O2/c1-5-13-11(10-18(2)17-13)9-16-12-6-7-14(19-3)15(8-12)20-4/h6-8,10,16H,5,9H2,1-4H3. The molecule has 2 rings (SSSR count). The Hall–Kier alpha value is -2.17. The van der Waals surface area contributed by atoms with Crippen LogP contribution in [0.1, 0.15) is 18.2 Å². The van der Waals surface area contributed by atoms with E-state index < -0.39 is 0 Å². The molecule has 0 atom stereocenters. The topological polar surface area (TPSA) is 48.3 Å². The highest BCUT2D eigenvalue weighted by atomic mass is 16.5. The van der Waals surface area contributed by atoms with Gasteiger partial charge in [0.25, 0.3) is 0 Å². The number of hydrogen-bond acceptors (Lipinski definition) is 4. The largest absolute Gasteiger partial charge is 0.493 e. The van der Waals surface area contributed by atoms with Gasteiger partial charge >= 0.3 is 0 Å². The molecule has 0 bridgehead atoms. The maximum atomic E-state index is 5.30. The van der Waals surface area contributed by atoms with E-state index in [2.05, 4.69) is 17.3 Å². The molecule has 1 heterocycles. The van der Waals surface area contributed by atoms with Crippen molar-refractivity contribution in [2.24, 2.45) is 7.05 Å². The van der Waals surface area contributed by atoms with Crippen LogP contribution in [0.5, 0.6) is 11.5 Å². The predicted octanol–water partition coefficient (Wildman–Crippen LogP) is 2.61. The Labute approximate surface area is 119 Å². The molecule has 0 saturated carbocycles. The van der Waals surface area contributed by atoms with Crippen LogP contribution in [0.25, 0.3) is 0 Å². The van der Waals surface area contributed by atoms with Gasteiger partial charge in [0.2, 0.25) is 0 Å². The molecule has 1 N–H and O–H groups in total. The van der Waals surface area contributed by atoms with Gasteiger partial charge in [-0.1, -0.05) is 6.92 Å². The molecule has 0 amide bonds. The van der Waals surface area contributed by atoms with Crippen LogP contribution in [-0.2, 0) is 20.0 Å². The highest BCUT2D eigenvalue weighted by molar-refractivity contribution is 5.55. The van der Waals surface area contributed by atoms with Crippen molar-refractivity contribution in [1.82, 2.24) is 9.78 Å². The van der Waals surface area contributed by atoms with Crippen molar-refractivity contribution in [3.8, 4) is 11.5 Å². The lowest BCUT2D eigenvalue weighted by molar-refractivity contribution is 0.355. The zero-order valence-electron chi connectivity index (χ0n) is 12.4. The van der Waals surface area contributed by atoms with E-state index in [1.165, 1.54) is 5.56 Å². The normalized spacial score (nSPS) is 10.4. The van der Waals surface area contributed by atoms with Crippen molar-refractivity contribution in [1.29, 1.82) is 0 Å². The molecule has 5 nitrogen and oxygen atoms in total. The van der Waals surface area contributed by atoms with Gasteiger partial charge in [-0.3, -0.25) is 4.68 Å². The molecule has 0 unspecified atom stereocenters. The first kappa shape index (κ1) is 14.2. The van der Waals surface area contributed by atoms with Crippen molar-refractivity contribution < 1.29 is 9.47 Å². The first-order valence-corrected chi connectivity index (χ1v) is 6.65. The van der Waals surface area contributed by atoms with Crippen LogP contribution in [0.3, 0.4) is 0 Å². The lowest BCUT2D eigenvalue weighted by Crippen LogP contribution is -2.01. The summed E-state index contributed by atoms with van der Waals surface area (Å²) >= 11 is 0. The van der Waals surface area contributed by atoms with Crippen LogP contribution < -0.4 is 14.8 Å². The Bertz CT molecular complexity index is 578. The Morgan fingerprint density at radius 1 is 1.20 bits per heavy atom. The maximum absolute atomic E-state index is 5.30. The zero-order valence-corrected chi connectivity index (χ0v) is 12.4. The van der Waals surface area contributed by atoms with Gasteiger partial charge in [-0.05, 0) is 18.6 Å². The summed E-state index contributed by atoms with van der Waals surface area (Å²) in [4.78, 5) is 0. The van der Waals surface area contributed by atoms with Crippen molar-refractivity contribution in [3.63, 3.8) is 0 Å². The lowest BCUT2D eigenvalue weighted by atomic mass is 10.2. The maximum Gasteiger partial charge on any atom is 0.162 e. The van der Waals surface area contributed by atoms with E-state index >= 15 is 0 Å². The van der Waals surface area contributed by atoms with Gasteiger partial charge in [0.1, 0.15) is 0 Å². The second kappa shape index (κ2) is 6.32. The summed E-state index contributed by atoms with van der Waals surface area (Å²) in [7, 11) is 5.21. The number of ether oxygens (including phenoxy) is 2. The summed E-state index contributed by atoms with van der Waals surface area (Å²) in [6.45, 7) is 2.86. The summed E-state index contributed by atoms with van der Waals surface area (Å²) in [6, 6.07) is 5.80. The third kappa shape index (κ3) is 3.04. The van der Waals surface area contributed by atoms with Gasteiger partial charge in [0.05, 0.1) is 19.9 Å². The minimum Gasteiger partial charge on any atom is -0.493 e. The number of aryl methyl sites for hydroxylation is 2. The summed E-state index contributed by atoms with van der Waals surface area (Å²) in [5.74, 6) is 1.45. The fraction of sp³-hybridized carbons (Fsp3) is 0.400. The molecule has 0 aliphatic heterocycles. The summed E-state index contributed by atoms with van der Waals surface area (Å²) < 4.78 is 12.4. The molecule has 20 heavy (non-hydrogen) atoms. The first-order valence-electron chi connectivity index (χ1n) is 6.65. The molecule has 1 aromatic heterocycles. The average Bonchev–Trinajstić information content (AvgIpc) is 2.84. The zero-order chi connectivity index (χ0) is 14.5. The molecule has 0 radical (unpaired) electrons. The summed E-state index contributed by atoms with van der Waals surface area (Å²) in [6.07, 6.45) is 2.98. The van der Waals surface area contributed by atoms with Crippen LogP contribution >= 0.6 is 0 Å². The number of aromatic nitrogens is 2. The van der Waals surface area contributed by atoms with Crippen molar-refractivity contribution in [2.75, 3.05) is 19.5 Å². The fourth-order valence-corrected chi connectivity index (χ4v) is 2.17. The molecule has 108 valence electrons. The minimum atomic E-state index is 0.722. The monoisotopic (exact) mass is 275 g/mol. The SMILES string of the molecule is CCc1nn(C)cc1CNc1ccc(OC)c(OC)c1. The Kier molecular flexibility index (Phi) is 4.50. The van der Waals surface area contributed by atoms with E-state index in [9.17, 15) is 0 Å². The highest BCUT2D eigenvalue weighted by Gasteiger charge is 2.07. The van der Waals surface area contributed by atoms with Crippen LogP contribution in [0.2, 0.25) is 0 Å². The van der Waals surface area contributed by atoms with Crippen LogP contribution in [0, 0.1) is 0 Å². The molecule has 0 aliphatic carbocycles. The molecule has 0 spiro atoms. The number of nitrogens with zero attached hydrogens (tertiary/aromatic N) is 2. The molecular formula is C15H21N3O2. The van der Waals surface area contributed by atoms with Crippen LogP contribution in [-0.4, -0.2) is 24.0 Å². The molecule has 0 saturated heterocycles. The van der Waals surface area contributed by atoms with Crippen LogP contribution in [0.15, 0.2) is 24.4 Å². The molecule has 2 aromatic rings. The van der Waals surface area contributed by atoms with E-state index in [4.69, 9.17) is 9.47 Å². The third-order valence-corrected chi connectivity index (χ3v) is 3.19. The third-order valence-electron chi connectivity index (χ3n) is 3.19. The minimum absolute atomic E-state index is 0.722. The average molecular weight is 275 g/mol. The van der Waals surface area contributed by atoms with Crippen molar-refractivity contribution in [2.45, 2.75) is 19.9 Å². The summed E-state index contributed by atoms with van der Waals surface area (Å²) in [5.41, 5.74) is 3.33.